The van der Waals surface area contributed by atoms with Crippen LogP contribution in [-0.2, 0) is 9.84 Å². The first-order valence-corrected chi connectivity index (χ1v) is 8.88. The van der Waals surface area contributed by atoms with Crippen molar-refractivity contribution in [2.75, 3.05) is 25.4 Å². The summed E-state index contributed by atoms with van der Waals surface area (Å²) in [5.41, 5.74) is 0. The first-order valence-electron chi connectivity index (χ1n) is 7.23. The molecule has 20 heavy (non-hydrogen) atoms. The molecule has 0 aromatic heterocycles. The molecule has 1 aromatic rings. The third kappa shape index (κ3) is 2.90. The van der Waals surface area contributed by atoms with Crippen molar-refractivity contribution in [3.8, 4) is 0 Å². The van der Waals surface area contributed by atoms with Gasteiger partial charge in [0.25, 0.3) is 0 Å². The molecule has 1 saturated heterocycles. The lowest BCUT2D eigenvalue weighted by Crippen LogP contribution is -2.29. The second-order valence-electron chi connectivity index (χ2n) is 6.04. The highest BCUT2D eigenvalue weighted by atomic mass is 32.2. The number of hydrogen-bond donors (Lipinski definition) is 1. The van der Waals surface area contributed by atoms with Crippen LogP contribution in [0.15, 0.2) is 35.2 Å². The molecule has 1 aliphatic carbocycles. The van der Waals surface area contributed by atoms with E-state index in [1.165, 1.54) is 0 Å². The van der Waals surface area contributed by atoms with E-state index in [1.54, 1.807) is 24.3 Å². The zero-order valence-electron chi connectivity index (χ0n) is 11.5. The van der Waals surface area contributed by atoms with Gasteiger partial charge in [0.05, 0.1) is 16.8 Å². The van der Waals surface area contributed by atoms with E-state index in [0.717, 1.165) is 25.9 Å². The topological polar surface area (TPSA) is 57.6 Å². The fourth-order valence-corrected chi connectivity index (χ4v) is 4.85. The van der Waals surface area contributed by atoms with E-state index < -0.39 is 9.84 Å². The maximum absolute atomic E-state index is 12.2. The van der Waals surface area contributed by atoms with Crippen LogP contribution >= 0.6 is 0 Å². The summed E-state index contributed by atoms with van der Waals surface area (Å²) in [5.74, 6) is 1.30. The van der Waals surface area contributed by atoms with Crippen LogP contribution in [0.25, 0.3) is 0 Å². The molecule has 0 bridgehead atoms. The Morgan fingerprint density at radius 1 is 1.10 bits per heavy atom. The molecule has 3 rings (SSSR count). The quantitative estimate of drug-likeness (QED) is 0.906. The van der Waals surface area contributed by atoms with Gasteiger partial charge in [0.1, 0.15) is 0 Å². The number of aliphatic hydroxyl groups is 1. The lowest BCUT2D eigenvalue weighted by Gasteiger charge is -2.17. The molecule has 4 nitrogen and oxygen atoms in total. The normalized spacial score (nSPS) is 30.6. The molecule has 2 aliphatic rings. The average Bonchev–Trinajstić information content (AvgIpc) is 2.94. The van der Waals surface area contributed by atoms with Gasteiger partial charge in [0, 0.05) is 19.6 Å². The molecule has 0 radical (unpaired) electrons. The maximum Gasteiger partial charge on any atom is 0.179 e. The van der Waals surface area contributed by atoms with E-state index in [2.05, 4.69) is 4.90 Å². The van der Waals surface area contributed by atoms with Crippen molar-refractivity contribution in [2.24, 2.45) is 11.8 Å². The van der Waals surface area contributed by atoms with Crippen LogP contribution in [0.4, 0.5) is 0 Å². The first kappa shape index (κ1) is 14.0. The monoisotopic (exact) mass is 295 g/mol. The van der Waals surface area contributed by atoms with Crippen LogP contribution in [0, 0.1) is 11.8 Å². The third-order valence-electron chi connectivity index (χ3n) is 4.58. The largest absolute Gasteiger partial charge is 0.393 e. The maximum atomic E-state index is 12.2. The van der Waals surface area contributed by atoms with Crippen LogP contribution in [0.2, 0.25) is 0 Å². The Morgan fingerprint density at radius 2 is 1.70 bits per heavy atom. The molecule has 1 unspecified atom stereocenters. The SMILES string of the molecule is O=S(=O)(CCN1C[C@H]2CC(O)C[C@H]2C1)c1ccccc1. The predicted octanol–water partition coefficient (Wildman–Crippen LogP) is 1.16. The molecule has 0 spiro atoms. The van der Waals surface area contributed by atoms with Crippen LogP contribution in [0.5, 0.6) is 0 Å². The summed E-state index contributed by atoms with van der Waals surface area (Å²) in [6, 6.07) is 8.66. The smallest absolute Gasteiger partial charge is 0.179 e. The second-order valence-corrected chi connectivity index (χ2v) is 8.15. The van der Waals surface area contributed by atoms with Crippen LogP contribution in [0.3, 0.4) is 0 Å². The van der Waals surface area contributed by atoms with Gasteiger partial charge in [-0.1, -0.05) is 18.2 Å². The van der Waals surface area contributed by atoms with Gasteiger partial charge >= 0.3 is 0 Å². The summed E-state index contributed by atoms with van der Waals surface area (Å²) in [6.45, 7) is 2.47. The lowest BCUT2D eigenvalue weighted by atomic mass is 10.0. The van der Waals surface area contributed by atoms with Crippen molar-refractivity contribution >= 4 is 9.84 Å². The fraction of sp³-hybridized carbons (Fsp3) is 0.600. The van der Waals surface area contributed by atoms with E-state index in [1.807, 2.05) is 6.07 Å². The van der Waals surface area contributed by atoms with E-state index in [0.29, 0.717) is 23.3 Å². The molecular formula is C15H21NO3S. The van der Waals surface area contributed by atoms with Crippen LogP contribution in [-0.4, -0.2) is 49.9 Å². The summed E-state index contributed by atoms with van der Waals surface area (Å²) in [5, 5.41) is 9.61. The number of hydrogen-bond acceptors (Lipinski definition) is 4. The van der Waals surface area contributed by atoms with Gasteiger partial charge in [-0.25, -0.2) is 8.42 Å². The minimum Gasteiger partial charge on any atom is -0.393 e. The number of fused-ring (bicyclic) bond motifs is 1. The standard InChI is InChI=1S/C15H21NO3S/c17-14-8-12-10-16(11-13(12)9-14)6-7-20(18,19)15-4-2-1-3-5-15/h1-5,12-14,17H,6-11H2/t12-,13+,14?. The minimum absolute atomic E-state index is 0.139. The van der Waals surface area contributed by atoms with Crippen molar-refractivity contribution in [3.05, 3.63) is 30.3 Å². The molecule has 2 fully saturated rings. The molecule has 1 N–H and O–H groups in total. The van der Waals surface area contributed by atoms with E-state index in [9.17, 15) is 13.5 Å². The number of nitrogens with zero attached hydrogens (tertiary/aromatic N) is 1. The van der Waals surface area contributed by atoms with Gasteiger partial charge in [0.15, 0.2) is 9.84 Å². The number of aliphatic hydroxyl groups excluding tert-OH is 1. The van der Waals surface area contributed by atoms with E-state index in [4.69, 9.17) is 0 Å². The Hall–Kier alpha value is -0.910. The summed E-state index contributed by atoms with van der Waals surface area (Å²) in [7, 11) is -3.17. The zero-order valence-corrected chi connectivity index (χ0v) is 12.3. The third-order valence-corrected chi connectivity index (χ3v) is 6.29. The van der Waals surface area contributed by atoms with Crippen molar-refractivity contribution in [1.82, 2.24) is 4.90 Å². The van der Waals surface area contributed by atoms with Crippen molar-refractivity contribution in [3.63, 3.8) is 0 Å². The second kappa shape index (κ2) is 5.47. The number of sulfone groups is 1. The molecule has 5 heteroatoms. The lowest BCUT2D eigenvalue weighted by molar-refractivity contribution is 0.163. The molecule has 1 aromatic carbocycles. The van der Waals surface area contributed by atoms with Gasteiger partial charge in [-0.3, -0.25) is 0 Å². The molecule has 1 saturated carbocycles. The predicted molar refractivity (Wildman–Crippen MR) is 77.2 cm³/mol. The van der Waals surface area contributed by atoms with E-state index in [-0.39, 0.29) is 11.9 Å². The Labute approximate surface area is 120 Å². The van der Waals surface area contributed by atoms with Gasteiger partial charge in [-0.15, -0.1) is 0 Å². The minimum atomic E-state index is -3.17. The summed E-state index contributed by atoms with van der Waals surface area (Å²) >= 11 is 0. The number of likely N-dealkylation sites (tertiary alicyclic amines) is 1. The number of benzene rings is 1. The molecular weight excluding hydrogens is 274 g/mol. The highest BCUT2D eigenvalue weighted by molar-refractivity contribution is 7.91. The van der Waals surface area contributed by atoms with E-state index >= 15 is 0 Å². The highest BCUT2D eigenvalue weighted by Gasteiger charge is 2.40. The van der Waals surface area contributed by atoms with Crippen molar-refractivity contribution < 1.29 is 13.5 Å². The average molecular weight is 295 g/mol. The Morgan fingerprint density at radius 3 is 2.30 bits per heavy atom. The fourth-order valence-electron chi connectivity index (χ4n) is 3.54. The Kier molecular flexibility index (Phi) is 3.84. The summed E-state index contributed by atoms with van der Waals surface area (Å²) in [4.78, 5) is 2.65. The van der Waals surface area contributed by atoms with Crippen LogP contribution in [0.1, 0.15) is 12.8 Å². The van der Waals surface area contributed by atoms with Gasteiger partial charge in [-0.2, -0.15) is 0 Å². The Bertz CT molecular complexity index is 544. The van der Waals surface area contributed by atoms with Crippen molar-refractivity contribution in [1.29, 1.82) is 0 Å². The van der Waals surface area contributed by atoms with Gasteiger partial charge < -0.3 is 10.0 Å². The van der Waals surface area contributed by atoms with Gasteiger partial charge in [-0.05, 0) is 36.8 Å². The van der Waals surface area contributed by atoms with Crippen LogP contribution < -0.4 is 0 Å². The number of rotatable bonds is 4. The molecule has 1 heterocycles. The molecule has 0 amide bonds. The summed E-state index contributed by atoms with van der Waals surface area (Å²) < 4.78 is 24.4. The highest BCUT2D eigenvalue weighted by Crippen LogP contribution is 2.37. The molecule has 1 aliphatic heterocycles. The first-order chi connectivity index (χ1) is 9.54. The Balaban J connectivity index is 1.56. The molecule has 110 valence electrons. The summed E-state index contributed by atoms with van der Waals surface area (Å²) in [6.07, 6.45) is 1.62. The molecule has 3 atom stereocenters. The zero-order chi connectivity index (χ0) is 14.2. The van der Waals surface area contributed by atoms with Gasteiger partial charge in [0.2, 0.25) is 0 Å². The van der Waals surface area contributed by atoms with Crippen molar-refractivity contribution in [2.45, 2.75) is 23.8 Å².